The molecule has 3 aromatic rings. The minimum absolute atomic E-state index is 0.196. The van der Waals surface area contributed by atoms with Crippen LogP contribution in [0.5, 0.6) is 5.75 Å². The normalized spacial score (nSPS) is 12.7. The lowest BCUT2D eigenvalue weighted by Gasteiger charge is -2.24. The first-order valence-corrected chi connectivity index (χ1v) is 9.83. The highest BCUT2D eigenvalue weighted by molar-refractivity contribution is 5.81. The summed E-state index contributed by atoms with van der Waals surface area (Å²) in [6, 6.07) is 16.2. The van der Waals surface area contributed by atoms with Crippen LogP contribution in [0.1, 0.15) is 56.3 Å². The van der Waals surface area contributed by atoms with Crippen LogP contribution in [0.2, 0.25) is 0 Å². The molecule has 0 saturated heterocycles. The van der Waals surface area contributed by atoms with E-state index >= 15 is 0 Å². The molecule has 1 N–H and O–H groups in total. The quantitative estimate of drug-likeness (QED) is 0.558. The van der Waals surface area contributed by atoms with Gasteiger partial charge in [-0.15, -0.1) is 0 Å². The molecule has 0 aliphatic rings. The smallest absolute Gasteiger partial charge is 0.336 e. The van der Waals surface area contributed by atoms with Crippen LogP contribution in [-0.2, 0) is 6.54 Å². The third-order valence-corrected chi connectivity index (χ3v) is 5.18. The molecule has 1 atom stereocenters. The summed E-state index contributed by atoms with van der Waals surface area (Å²) in [5.41, 5.74) is 3.73. The molecule has 0 radical (unpaired) electrons. The lowest BCUT2D eigenvalue weighted by molar-refractivity contribution is 0.409. The lowest BCUT2D eigenvalue weighted by Crippen LogP contribution is -2.26. The molecular weight excluding hydrogens is 350 g/mol. The van der Waals surface area contributed by atoms with E-state index in [0.29, 0.717) is 29.7 Å². The van der Waals surface area contributed by atoms with E-state index in [4.69, 9.17) is 9.15 Å². The van der Waals surface area contributed by atoms with Crippen molar-refractivity contribution in [2.24, 2.45) is 5.92 Å². The Hall–Kier alpha value is -2.59. The fraction of sp³-hybridized carbons (Fsp3) is 0.375. The Morgan fingerprint density at radius 2 is 1.64 bits per heavy atom. The molecule has 0 amide bonds. The second-order valence-corrected chi connectivity index (χ2v) is 7.88. The first-order valence-electron chi connectivity index (χ1n) is 9.83. The van der Waals surface area contributed by atoms with Gasteiger partial charge >= 0.3 is 5.63 Å². The summed E-state index contributed by atoms with van der Waals surface area (Å²) in [7, 11) is 1.60. The van der Waals surface area contributed by atoms with Crippen molar-refractivity contribution in [1.82, 2.24) is 5.32 Å². The standard InChI is InChI=1S/C24H29NO3/c1-15(2)17-6-8-18(9-7-17)24(16(3)4)25-14-19-12-23(26)28-22-13-20(27-5)10-11-21(19)22/h6-13,15-16,24-25H,14H2,1-5H3/t24-/m0/s1. The average molecular weight is 380 g/mol. The molecule has 0 bridgehead atoms. The van der Waals surface area contributed by atoms with Crippen molar-refractivity contribution in [3.05, 3.63) is 75.6 Å². The minimum Gasteiger partial charge on any atom is -0.497 e. The molecule has 0 fully saturated rings. The number of hydrogen-bond acceptors (Lipinski definition) is 4. The summed E-state index contributed by atoms with van der Waals surface area (Å²) < 4.78 is 10.6. The Bertz CT molecular complexity index is 987. The maximum atomic E-state index is 12.0. The van der Waals surface area contributed by atoms with Gasteiger partial charge in [-0.3, -0.25) is 0 Å². The highest BCUT2D eigenvalue weighted by Gasteiger charge is 2.17. The van der Waals surface area contributed by atoms with Gasteiger partial charge in [0.2, 0.25) is 0 Å². The van der Waals surface area contributed by atoms with Gasteiger partial charge in [0.05, 0.1) is 7.11 Å². The number of rotatable bonds is 7. The van der Waals surface area contributed by atoms with Crippen LogP contribution in [-0.4, -0.2) is 7.11 Å². The number of methoxy groups -OCH3 is 1. The van der Waals surface area contributed by atoms with Crippen LogP contribution in [0.25, 0.3) is 11.0 Å². The van der Waals surface area contributed by atoms with Crippen molar-refractivity contribution in [1.29, 1.82) is 0 Å². The predicted octanol–water partition coefficient (Wildman–Crippen LogP) is 5.41. The third-order valence-electron chi connectivity index (χ3n) is 5.18. The van der Waals surface area contributed by atoms with Gasteiger partial charge in [0.15, 0.2) is 0 Å². The highest BCUT2D eigenvalue weighted by atomic mass is 16.5. The summed E-state index contributed by atoms with van der Waals surface area (Å²) in [4.78, 5) is 12.0. The third kappa shape index (κ3) is 4.45. The number of nitrogens with one attached hydrogen (secondary N) is 1. The Kier molecular flexibility index (Phi) is 6.20. The van der Waals surface area contributed by atoms with Crippen LogP contribution in [0.4, 0.5) is 0 Å². The molecule has 3 rings (SSSR count). The Morgan fingerprint density at radius 1 is 0.964 bits per heavy atom. The van der Waals surface area contributed by atoms with Gasteiger partial charge in [0, 0.05) is 30.1 Å². The molecule has 148 valence electrons. The van der Waals surface area contributed by atoms with E-state index in [0.717, 1.165) is 10.9 Å². The van der Waals surface area contributed by atoms with Gasteiger partial charge in [-0.05, 0) is 40.7 Å². The summed E-state index contributed by atoms with van der Waals surface area (Å²) in [5, 5.41) is 4.56. The molecule has 0 aliphatic heterocycles. The predicted molar refractivity (Wildman–Crippen MR) is 114 cm³/mol. The Morgan fingerprint density at radius 3 is 2.25 bits per heavy atom. The van der Waals surface area contributed by atoms with E-state index in [1.807, 2.05) is 12.1 Å². The summed E-state index contributed by atoms with van der Waals surface area (Å²) in [6.07, 6.45) is 0. The zero-order valence-corrected chi connectivity index (χ0v) is 17.3. The van der Waals surface area contributed by atoms with Crippen molar-refractivity contribution in [3.63, 3.8) is 0 Å². The molecular formula is C24H29NO3. The second kappa shape index (κ2) is 8.61. The van der Waals surface area contributed by atoms with Gasteiger partial charge in [-0.1, -0.05) is 52.0 Å². The SMILES string of the molecule is COc1ccc2c(CN[C@H](c3ccc(C(C)C)cc3)C(C)C)cc(=O)oc2c1. The Balaban J connectivity index is 1.87. The molecule has 0 saturated carbocycles. The van der Waals surface area contributed by atoms with Crippen LogP contribution in [0.15, 0.2) is 57.7 Å². The lowest BCUT2D eigenvalue weighted by atomic mass is 9.93. The van der Waals surface area contributed by atoms with Gasteiger partial charge in [0.25, 0.3) is 0 Å². The van der Waals surface area contributed by atoms with E-state index in [2.05, 4.69) is 57.3 Å². The molecule has 28 heavy (non-hydrogen) atoms. The van der Waals surface area contributed by atoms with Crippen LogP contribution < -0.4 is 15.7 Å². The minimum atomic E-state index is -0.347. The molecule has 4 nitrogen and oxygen atoms in total. The zero-order valence-electron chi connectivity index (χ0n) is 17.3. The van der Waals surface area contributed by atoms with Crippen LogP contribution in [0, 0.1) is 5.92 Å². The number of benzene rings is 2. The average Bonchev–Trinajstić information content (AvgIpc) is 2.67. The number of ether oxygens (including phenoxy) is 1. The molecule has 0 unspecified atom stereocenters. The highest BCUT2D eigenvalue weighted by Crippen LogP contribution is 2.26. The van der Waals surface area contributed by atoms with E-state index < -0.39 is 0 Å². The molecule has 4 heteroatoms. The molecule has 1 heterocycles. The van der Waals surface area contributed by atoms with E-state index in [-0.39, 0.29) is 11.7 Å². The number of hydrogen-bond donors (Lipinski definition) is 1. The van der Waals surface area contributed by atoms with Crippen LogP contribution in [0.3, 0.4) is 0 Å². The van der Waals surface area contributed by atoms with E-state index in [1.165, 1.54) is 11.1 Å². The summed E-state index contributed by atoms with van der Waals surface area (Å²) in [6.45, 7) is 9.40. The fourth-order valence-electron chi connectivity index (χ4n) is 3.53. The maximum Gasteiger partial charge on any atom is 0.336 e. The van der Waals surface area contributed by atoms with Crippen LogP contribution >= 0.6 is 0 Å². The van der Waals surface area contributed by atoms with E-state index in [9.17, 15) is 4.79 Å². The molecule has 0 spiro atoms. The molecule has 0 aliphatic carbocycles. The monoisotopic (exact) mass is 379 g/mol. The summed E-state index contributed by atoms with van der Waals surface area (Å²) >= 11 is 0. The van der Waals surface area contributed by atoms with Gasteiger partial charge in [0.1, 0.15) is 11.3 Å². The van der Waals surface area contributed by atoms with Crippen molar-refractivity contribution in [2.45, 2.75) is 46.2 Å². The molecule has 1 aromatic heterocycles. The second-order valence-electron chi connectivity index (χ2n) is 7.88. The summed E-state index contributed by atoms with van der Waals surface area (Å²) in [5.74, 6) is 1.61. The Labute approximate surface area is 166 Å². The van der Waals surface area contributed by atoms with Gasteiger partial charge in [-0.2, -0.15) is 0 Å². The topological polar surface area (TPSA) is 51.5 Å². The van der Waals surface area contributed by atoms with Crippen molar-refractivity contribution in [3.8, 4) is 5.75 Å². The maximum absolute atomic E-state index is 12.0. The fourth-order valence-corrected chi connectivity index (χ4v) is 3.53. The van der Waals surface area contributed by atoms with Gasteiger partial charge < -0.3 is 14.5 Å². The zero-order chi connectivity index (χ0) is 20.3. The molecule has 2 aromatic carbocycles. The van der Waals surface area contributed by atoms with Crippen molar-refractivity contribution < 1.29 is 9.15 Å². The largest absolute Gasteiger partial charge is 0.497 e. The number of fused-ring (bicyclic) bond motifs is 1. The van der Waals surface area contributed by atoms with E-state index in [1.54, 1.807) is 19.2 Å². The van der Waals surface area contributed by atoms with Crippen molar-refractivity contribution >= 4 is 11.0 Å². The first-order chi connectivity index (χ1) is 13.4. The van der Waals surface area contributed by atoms with Gasteiger partial charge in [-0.25, -0.2) is 4.79 Å². The first kappa shape index (κ1) is 20.2. The van der Waals surface area contributed by atoms with Crippen molar-refractivity contribution in [2.75, 3.05) is 7.11 Å².